The number of halogens is 1. The topological polar surface area (TPSA) is 46.5 Å². The molecule has 3 aromatic heterocycles. The van der Waals surface area contributed by atoms with E-state index in [9.17, 15) is 0 Å². The molecule has 0 saturated heterocycles. The first kappa shape index (κ1) is 16.3. The highest BCUT2D eigenvalue weighted by Crippen LogP contribution is 2.33. The second-order valence-corrected chi connectivity index (χ2v) is 7.34. The van der Waals surface area contributed by atoms with Gasteiger partial charge in [0, 0.05) is 33.6 Å². The molecule has 0 unspecified atom stereocenters. The molecule has 5 heteroatoms. The molecule has 1 N–H and O–H groups in total. The van der Waals surface area contributed by atoms with Crippen molar-refractivity contribution in [3.05, 3.63) is 90.3 Å². The number of aromatic nitrogens is 4. The molecular weight excluding hydrogens is 380 g/mol. The molecule has 3 heterocycles. The summed E-state index contributed by atoms with van der Waals surface area (Å²) >= 11 is 6.13. The van der Waals surface area contributed by atoms with Crippen molar-refractivity contribution in [1.82, 2.24) is 19.5 Å². The Morgan fingerprint density at radius 2 is 1.34 bits per heavy atom. The molecule has 138 valence electrons. The van der Waals surface area contributed by atoms with Crippen molar-refractivity contribution in [2.45, 2.75) is 0 Å². The first-order valence-electron chi connectivity index (χ1n) is 9.39. The van der Waals surface area contributed by atoms with Crippen LogP contribution in [0.4, 0.5) is 0 Å². The van der Waals surface area contributed by atoms with Crippen molar-refractivity contribution < 1.29 is 0 Å². The Bertz CT molecular complexity index is 1460. The lowest BCUT2D eigenvalue weighted by Gasteiger charge is -2.09. The van der Waals surface area contributed by atoms with Crippen LogP contribution in [0.25, 0.3) is 49.8 Å². The summed E-state index contributed by atoms with van der Waals surface area (Å²) in [5, 5.41) is 3.70. The van der Waals surface area contributed by atoms with E-state index >= 15 is 0 Å². The standard InChI is InChI=1S/C24H15ClN4/c25-24-27-22(19-13-14-26-23(19)28-24)15-9-11-16(12-10-15)29-20-7-3-1-5-17(20)18-6-2-4-8-21(18)29/h1-14H,(H,26,27,28). The monoisotopic (exact) mass is 394 g/mol. The number of benzene rings is 3. The van der Waals surface area contributed by atoms with Gasteiger partial charge in [-0.1, -0.05) is 48.5 Å². The second kappa shape index (κ2) is 6.19. The molecule has 0 bridgehead atoms. The van der Waals surface area contributed by atoms with Crippen LogP contribution >= 0.6 is 11.6 Å². The van der Waals surface area contributed by atoms with E-state index in [-0.39, 0.29) is 5.28 Å². The average Bonchev–Trinajstić information content (AvgIpc) is 3.36. The maximum absolute atomic E-state index is 6.13. The van der Waals surface area contributed by atoms with E-state index in [2.05, 4.69) is 92.3 Å². The molecule has 6 aromatic rings. The third-order valence-electron chi connectivity index (χ3n) is 5.37. The van der Waals surface area contributed by atoms with Gasteiger partial charge >= 0.3 is 0 Å². The van der Waals surface area contributed by atoms with Gasteiger partial charge in [-0.25, -0.2) is 4.98 Å². The number of para-hydroxylation sites is 2. The first-order valence-corrected chi connectivity index (χ1v) is 9.77. The van der Waals surface area contributed by atoms with Gasteiger partial charge in [-0.2, -0.15) is 4.98 Å². The van der Waals surface area contributed by atoms with Gasteiger partial charge in [-0.3, -0.25) is 0 Å². The maximum Gasteiger partial charge on any atom is 0.224 e. The zero-order chi connectivity index (χ0) is 19.4. The van der Waals surface area contributed by atoms with Gasteiger partial charge in [-0.05, 0) is 41.9 Å². The van der Waals surface area contributed by atoms with Crippen LogP contribution in [0.3, 0.4) is 0 Å². The molecule has 29 heavy (non-hydrogen) atoms. The summed E-state index contributed by atoms with van der Waals surface area (Å²) in [7, 11) is 0. The van der Waals surface area contributed by atoms with Crippen LogP contribution in [0.5, 0.6) is 0 Å². The minimum atomic E-state index is 0.237. The Morgan fingerprint density at radius 1 is 0.690 bits per heavy atom. The fourth-order valence-corrected chi connectivity index (χ4v) is 4.27. The molecule has 0 spiro atoms. The highest BCUT2D eigenvalue weighted by atomic mass is 35.5. The molecule has 0 aliphatic carbocycles. The van der Waals surface area contributed by atoms with Gasteiger partial charge < -0.3 is 9.55 Å². The molecule has 0 amide bonds. The number of hydrogen-bond acceptors (Lipinski definition) is 2. The zero-order valence-corrected chi connectivity index (χ0v) is 16.1. The number of aromatic amines is 1. The van der Waals surface area contributed by atoms with Gasteiger partial charge in [0.15, 0.2) is 0 Å². The Balaban J connectivity index is 1.56. The summed E-state index contributed by atoms with van der Waals surface area (Å²) in [5.41, 5.74) is 6.07. The predicted octanol–water partition coefficient (Wildman–Crippen LogP) is 6.38. The number of fused-ring (bicyclic) bond motifs is 4. The highest BCUT2D eigenvalue weighted by molar-refractivity contribution is 6.28. The lowest BCUT2D eigenvalue weighted by Crippen LogP contribution is -1.94. The lowest BCUT2D eigenvalue weighted by atomic mass is 10.1. The molecule has 6 rings (SSSR count). The van der Waals surface area contributed by atoms with E-state index in [1.165, 1.54) is 21.8 Å². The zero-order valence-electron chi connectivity index (χ0n) is 15.3. The minimum Gasteiger partial charge on any atom is -0.346 e. The van der Waals surface area contributed by atoms with Crippen molar-refractivity contribution in [3.63, 3.8) is 0 Å². The minimum absolute atomic E-state index is 0.237. The second-order valence-electron chi connectivity index (χ2n) is 7.00. The normalized spacial score (nSPS) is 11.6. The molecular formula is C24H15ClN4. The fraction of sp³-hybridized carbons (Fsp3) is 0. The third-order valence-corrected chi connectivity index (χ3v) is 5.54. The van der Waals surface area contributed by atoms with Crippen LogP contribution in [0.2, 0.25) is 5.28 Å². The van der Waals surface area contributed by atoms with E-state index in [4.69, 9.17) is 11.6 Å². The third kappa shape index (κ3) is 2.46. The molecule has 3 aromatic carbocycles. The van der Waals surface area contributed by atoms with Gasteiger partial charge in [-0.15, -0.1) is 0 Å². The van der Waals surface area contributed by atoms with Gasteiger partial charge in [0.2, 0.25) is 5.28 Å². The number of H-pyrrole nitrogens is 1. The molecule has 0 atom stereocenters. The van der Waals surface area contributed by atoms with E-state index in [0.29, 0.717) is 0 Å². The summed E-state index contributed by atoms with van der Waals surface area (Å²) in [6.45, 7) is 0. The molecule has 0 saturated carbocycles. The van der Waals surface area contributed by atoms with E-state index in [1.54, 1.807) is 0 Å². The van der Waals surface area contributed by atoms with E-state index in [0.717, 1.165) is 28.0 Å². The molecule has 0 fully saturated rings. The van der Waals surface area contributed by atoms with E-state index < -0.39 is 0 Å². The van der Waals surface area contributed by atoms with E-state index in [1.807, 2.05) is 12.3 Å². The van der Waals surface area contributed by atoms with Crippen LogP contribution in [-0.2, 0) is 0 Å². The van der Waals surface area contributed by atoms with Crippen LogP contribution < -0.4 is 0 Å². The smallest absolute Gasteiger partial charge is 0.224 e. The van der Waals surface area contributed by atoms with Gasteiger partial charge in [0.1, 0.15) is 5.65 Å². The number of nitrogens with zero attached hydrogens (tertiary/aromatic N) is 3. The largest absolute Gasteiger partial charge is 0.346 e. The Hall–Kier alpha value is -3.63. The van der Waals surface area contributed by atoms with Gasteiger partial charge in [0.05, 0.1) is 16.7 Å². The fourth-order valence-electron chi connectivity index (χ4n) is 4.10. The average molecular weight is 395 g/mol. The summed E-state index contributed by atoms with van der Waals surface area (Å²) in [6.07, 6.45) is 1.85. The van der Waals surface area contributed by atoms with Crippen molar-refractivity contribution in [2.24, 2.45) is 0 Å². The van der Waals surface area contributed by atoms with Crippen LogP contribution in [-0.4, -0.2) is 19.5 Å². The van der Waals surface area contributed by atoms with Gasteiger partial charge in [0.25, 0.3) is 0 Å². The summed E-state index contributed by atoms with van der Waals surface area (Å²) in [6, 6.07) is 27.4. The van der Waals surface area contributed by atoms with Crippen LogP contribution in [0.15, 0.2) is 85.1 Å². The van der Waals surface area contributed by atoms with Crippen molar-refractivity contribution in [1.29, 1.82) is 0 Å². The van der Waals surface area contributed by atoms with Crippen molar-refractivity contribution >= 4 is 44.4 Å². The Labute approximate surface area is 171 Å². The molecule has 0 radical (unpaired) electrons. The van der Waals surface area contributed by atoms with Crippen molar-refractivity contribution in [2.75, 3.05) is 0 Å². The SMILES string of the molecule is Clc1nc(-c2ccc(-n3c4ccccc4c4ccccc43)cc2)c2cc[nH]c2n1. The molecule has 0 aliphatic rings. The van der Waals surface area contributed by atoms with Crippen LogP contribution in [0, 0.1) is 0 Å². The highest BCUT2D eigenvalue weighted by Gasteiger charge is 2.13. The Kier molecular flexibility index (Phi) is 3.49. The number of rotatable bonds is 2. The van der Waals surface area contributed by atoms with Crippen molar-refractivity contribution in [3.8, 4) is 16.9 Å². The molecule has 0 aliphatic heterocycles. The summed E-state index contributed by atoms with van der Waals surface area (Å²) in [4.78, 5) is 11.8. The summed E-state index contributed by atoms with van der Waals surface area (Å²) < 4.78 is 2.30. The first-order chi connectivity index (χ1) is 14.3. The number of nitrogens with one attached hydrogen (secondary N) is 1. The maximum atomic E-state index is 6.13. The number of hydrogen-bond donors (Lipinski definition) is 1. The van der Waals surface area contributed by atoms with Crippen LogP contribution in [0.1, 0.15) is 0 Å². The predicted molar refractivity (Wildman–Crippen MR) is 119 cm³/mol. The summed E-state index contributed by atoms with van der Waals surface area (Å²) in [5.74, 6) is 0. The Morgan fingerprint density at radius 3 is 2.03 bits per heavy atom. The molecule has 4 nitrogen and oxygen atoms in total. The lowest BCUT2D eigenvalue weighted by molar-refractivity contribution is 1.17. The quantitative estimate of drug-likeness (QED) is 0.346.